The van der Waals surface area contributed by atoms with Gasteiger partial charge in [-0.05, 0) is 43.7 Å². The lowest BCUT2D eigenvalue weighted by molar-refractivity contribution is -0.141. The first kappa shape index (κ1) is 20.3. The summed E-state index contributed by atoms with van der Waals surface area (Å²) >= 11 is 0. The molecular formula is C20H18F3N5OS. The summed E-state index contributed by atoms with van der Waals surface area (Å²) in [6.07, 6.45) is -0.0200. The number of fused-ring (bicyclic) bond motifs is 1. The van der Waals surface area contributed by atoms with Gasteiger partial charge in [-0.3, -0.25) is 9.19 Å². The zero-order valence-electron chi connectivity index (χ0n) is 16.4. The fourth-order valence-corrected chi connectivity index (χ4v) is 4.11. The number of halogens is 3. The van der Waals surface area contributed by atoms with E-state index in [1.807, 2.05) is 36.6 Å². The molecule has 156 valence electrons. The molecule has 6 nitrogen and oxygen atoms in total. The van der Waals surface area contributed by atoms with Gasteiger partial charge in [0.25, 0.3) is 0 Å². The van der Waals surface area contributed by atoms with E-state index in [9.17, 15) is 17.4 Å². The lowest BCUT2D eigenvalue weighted by Gasteiger charge is -2.10. The molecule has 0 aliphatic carbocycles. The van der Waals surface area contributed by atoms with E-state index in [-0.39, 0.29) is 0 Å². The van der Waals surface area contributed by atoms with Gasteiger partial charge in [0, 0.05) is 23.8 Å². The summed E-state index contributed by atoms with van der Waals surface area (Å²) in [5.74, 6) is 0.330. The van der Waals surface area contributed by atoms with Crippen molar-refractivity contribution in [2.75, 3.05) is 5.75 Å². The number of hydrogen-bond acceptors (Lipinski definition) is 4. The second kappa shape index (κ2) is 7.35. The second-order valence-electron chi connectivity index (χ2n) is 6.80. The standard InChI is InChI=1S/C20H18F3N5OS/c1-4-30(29)15-10-14(28-8-6-16(26-28)20(21,22)23)11-24-19(15)18-13(3)27-7-5-12(2)9-17(27)25-18/h5-11H,4H2,1-3H3. The molecular weight excluding hydrogens is 415 g/mol. The Kier molecular flexibility index (Phi) is 4.97. The van der Waals surface area contributed by atoms with Crippen molar-refractivity contribution in [2.45, 2.75) is 31.8 Å². The first-order valence-corrected chi connectivity index (χ1v) is 10.5. The molecule has 0 aliphatic rings. The molecule has 0 N–H and O–H groups in total. The molecule has 4 heterocycles. The van der Waals surface area contributed by atoms with Crippen LogP contribution in [0.15, 0.2) is 47.8 Å². The number of aromatic nitrogens is 5. The Morgan fingerprint density at radius 1 is 1.10 bits per heavy atom. The van der Waals surface area contributed by atoms with Gasteiger partial charge in [0.2, 0.25) is 0 Å². The normalized spacial score (nSPS) is 13.1. The van der Waals surface area contributed by atoms with Gasteiger partial charge in [0.1, 0.15) is 17.0 Å². The molecule has 0 amide bonds. The van der Waals surface area contributed by atoms with Gasteiger partial charge in [-0.2, -0.15) is 18.3 Å². The fourth-order valence-electron chi connectivity index (χ4n) is 3.18. The Bertz CT molecular complexity index is 1280. The monoisotopic (exact) mass is 433 g/mol. The summed E-state index contributed by atoms with van der Waals surface area (Å²) in [6, 6.07) is 6.34. The average Bonchev–Trinajstić information content (AvgIpc) is 3.32. The van der Waals surface area contributed by atoms with Crippen molar-refractivity contribution in [3.8, 4) is 17.1 Å². The summed E-state index contributed by atoms with van der Waals surface area (Å²) in [7, 11) is -1.41. The minimum atomic E-state index is -4.54. The van der Waals surface area contributed by atoms with Crippen LogP contribution in [0, 0.1) is 13.8 Å². The zero-order valence-corrected chi connectivity index (χ0v) is 17.3. The van der Waals surface area contributed by atoms with Crippen LogP contribution in [-0.4, -0.2) is 34.1 Å². The van der Waals surface area contributed by atoms with Crippen molar-refractivity contribution in [1.82, 2.24) is 24.1 Å². The molecule has 0 saturated heterocycles. The summed E-state index contributed by atoms with van der Waals surface area (Å²) in [4.78, 5) is 9.49. The third kappa shape index (κ3) is 3.51. The summed E-state index contributed by atoms with van der Waals surface area (Å²) in [5.41, 5.74) is 2.95. The summed E-state index contributed by atoms with van der Waals surface area (Å²) in [5, 5.41) is 3.58. The van der Waals surface area contributed by atoms with Crippen LogP contribution in [0.25, 0.3) is 22.7 Å². The van der Waals surface area contributed by atoms with Crippen molar-refractivity contribution in [3.05, 3.63) is 59.8 Å². The van der Waals surface area contributed by atoms with Crippen molar-refractivity contribution in [2.24, 2.45) is 0 Å². The van der Waals surface area contributed by atoms with Crippen molar-refractivity contribution in [3.63, 3.8) is 0 Å². The second-order valence-corrected chi connectivity index (χ2v) is 8.50. The Labute approximate surface area is 172 Å². The Morgan fingerprint density at radius 3 is 2.53 bits per heavy atom. The number of nitrogens with zero attached hydrogens (tertiary/aromatic N) is 5. The minimum absolute atomic E-state index is 0.295. The maximum Gasteiger partial charge on any atom is 0.435 e. The third-order valence-corrected chi connectivity index (χ3v) is 6.06. The summed E-state index contributed by atoms with van der Waals surface area (Å²) < 4.78 is 54.4. The van der Waals surface area contributed by atoms with Gasteiger partial charge in [-0.25, -0.2) is 9.67 Å². The summed E-state index contributed by atoms with van der Waals surface area (Å²) in [6.45, 7) is 5.62. The molecule has 4 aromatic heterocycles. The van der Waals surface area contributed by atoms with E-state index in [0.717, 1.165) is 27.7 Å². The maximum absolute atomic E-state index is 12.9. The molecule has 0 radical (unpaired) electrons. The highest BCUT2D eigenvalue weighted by atomic mass is 32.2. The average molecular weight is 433 g/mol. The smallest absolute Gasteiger partial charge is 0.304 e. The molecule has 1 unspecified atom stereocenters. The first-order chi connectivity index (χ1) is 14.2. The van der Waals surface area contributed by atoms with Gasteiger partial charge in [-0.1, -0.05) is 6.92 Å². The van der Waals surface area contributed by atoms with Crippen LogP contribution < -0.4 is 0 Å². The highest BCUT2D eigenvalue weighted by Gasteiger charge is 2.33. The predicted octanol–water partition coefficient (Wildman–Crippen LogP) is 4.35. The van der Waals surface area contributed by atoms with E-state index >= 15 is 0 Å². The van der Waals surface area contributed by atoms with Gasteiger partial charge in [0.05, 0.1) is 27.6 Å². The minimum Gasteiger partial charge on any atom is -0.304 e. The molecule has 30 heavy (non-hydrogen) atoms. The quantitative estimate of drug-likeness (QED) is 0.480. The largest absolute Gasteiger partial charge is 0.435 e. The first-order valence-electron chi connectivity index (χ1n) is 9.16. The van der Waals surface area contributed by atoms with Crippen LogP contribution >= 0.6 is 0 Å². The Balaban J connectivity index is 1.87. The number of imidazole rings is 1. The number of rotatable bonds is 4. The molecule has 0 fully saturated rings. The fraction of sp³-hybridized carbons (Fsp3) is 0.250. The Hall–Kier alpha value is -3.01. The highest BCUT2D eigenvalue weighted by Crippen LogP contribution is 2.31. The number of alkyl halides is 3. The van der Waals surface area contributed by atoms with E-state index in [1.54, 1.807) is 13.0 Å². The van der Waals surface area contributed by atoms with Crippen LogP contribution in [0.5, 0.6) is 0 Å². The van der Waals surface area contributed by atoms with E-state index < -0.39 is 22.7 Å². The lowest BCUT2D eigenvalue weighted by Crippen LogP contribution is -2.08. The third-order valence-electron chi connectivity index (χ3n) is 4.73. The van der Waals surface area contributed by atoms with E-state index in [0.29, 0.717) is 27.7 Å². The number of aryl methyl sites for hydroxylation is 2. The predicted molar refractivity (Wildman–Crippen MR) is 107 cm³/mol. The number of pyridine rings is 2. The molecule has 0 aromatic carbocycles. The molecule has 0 spiro atoms. The van der Waals surface area contributed by atoms with Gasteiger partial charge in [-0.15, -0.1) is 0 Å². The van der Waals surface area contributed by atoms with Crippen LogP contribution in [0.1, 0.15) is 23.9 Å². The van der Waals surface area contributed by atoms with Gasteiger partial charge in [0.15, 0.2) is 5.69 Å². The van der Waals surface area contributed by atoms with Gasteiger partial charge >= 0.3 is 6.18 Å². The molecule has 10 heteroatoms. The van der Waals surface area contributed by atoms with Crippen LogP contribution in [0.3, 0.4) is 0 Å². The Morgan fingerprint density at radius 2 is 1.87 bits per heavy atom. The molecule has 0 bridgehead atoms. The van der Waals surface area contributed by atoms with Gasteiger partial charge < -0.3 is 4.40 Å². The molecule has 1 atom stereocenters. The van der Waals surface area contributed by atoms with E-state index in [4.69, 9.17) is 0 Å². The van der Waals surface area contributed by atoms with Crippen LogP contribution in [0.4, 0.5) is 13.2 Å². The van der Waals surface area contributed by atoms with Crippen molar-refractivity contribution in [1.29, 1.82) is 0 Å². The van der Waals surface area contributed by atoms with Crippen molar-refractivity contribution >= 4 is 16.4 Å². The highest BCUT2D eigenvalue weighted by molar-refractivity contribution is 7.85. The topological polar surface area (TPSA) is 65.1 Å². The van der Waals surface area contributed by atoms with Crippen molar-refractivity contribution < 1.29 is 17.4 Å². The van der Waals surface area contributed by atoms with E-state index in [1.165, 1.54) is 12.4 Å². The zero-order chi connectivity index (χ0) is 21.6. The molecule has 0 saturated carbocycles. The van der Waals surface area contributed by atoms with Crippen LogP contribution in [-0.2, 0) is 17.0 Å². The number of hydrogen-bond donors (Lipinski definition) is 0. The molecule has 4 rings (SSSR count). The van der Waals surface area contributed by atoms with E-state index in [2.05, 4.69) is 15.1 Å². The molecule has 0 aliphatic heterocycles. The lowest BCUT2D eigenvalue weighted by atomic mass is 10.2. The SMILES string of the molecule is CCS(=O)c1cc(-n2ccc(C(F)(F)F)n2)cnc1-c1nc2cc(C)ccn2c1C. The molecule has 4 aromatic rings. The van der Waals surface area contributed by atoms with Crippen LogP contribution in [0.2, 0.25) is 0 Å². The maximum atomic E-state index is 12.9.